The van der Waals surface area contributed by atoms with Crippen LogP contribution in [-0.4, -0.2) is 51.3 Å². The number of rotatable bonds is 8. The van der Waals surface area contributed by atoms with Crippen LogP contribution in [0.1, 0.15) is 34.6 Å². The summed E-state index contributed by atoms with van der Waals surface area (Å²) >= 11 is 0. The van der Waals surface area contributed by atoms with Gasteiger partial charge >= 0.3 is 0 Å². The fourth-order valence-electron chi connectivity index (χ4n) is 1.59. The third kappa shape index (κ3) is 9.89. The maximum Gasteiger partial charge on any atom is 0.227 e. The number of aliphatic imine (C=N–C) groups is 1. The Morgan fingerprint density at radius 1 is 1.24 bits per heavy atom. The minimum absolute atomic E-state index is 0. The minimum Gasteiger partial charge on any atom is -0.383 e. The number of hydrogen-bond acceptors (Lipinski definition) is 3. The predicted molar refractivity (Wildman–Crippen MR) is 98.3 cm³/mol. The van der Waals surface area contributed by atoms with Crippen molar-refractivity contribution >= 4 is 35.8 Å². The average Bonchev–Trinajstić information content (AvgIpc) is 2.37. The lowest BCUT2D eigenvalue weighted by Crippen LogP contribution is -2.45. The standard InChI is InChI=1S/C14H30N4O2.HI/c1-7-15-12(19)14(4,5)10-17-13(16-8-2)18-11(3)9-20-6;/h11H,7-10H2,1-6H3,(H,15,19)(H2,16,17,18);1H. The van der Waals surface area contributed by atoms with Gasteiger partial charge in [0, 0.05) is 26.2 Å². The molecular weight excluding hydrogens is 383 g/mol. The summed E-state index contributed by atoms with van der Waals surface area (Å²) in [6, 6.07) is 0.158. The zero-order valence-electron chi connectivity index (χ0n) is 14.1. The Hall–Kier alpha value is -0.570. The summed E-state index contributed by atoms with van der Waals surface area (Å²) in [5, 5.41) is 9.25. The summed E-state index contributed by atoms with van der Waals surface area (Å²) in [7, 11) is 1.67. The molecule has 1 amide bonds. The van der Waals surface area contributed by atoms with Gasteiger partial charge in [-0.05, 0) is 34.6 Å². The number of halogens is 1. The summed E-state index contributed by atoms with van der Waals surface area (Å²) in [6.45, 7) is 12.2. The molecule has 0 aliphatic rings. The van der Waals surface area contributed by atoms with E-state index in [0.29, 0.717) is 25.7 Å². The van der Waals surface area contributed by atoms with Gasteiger partial charge in [0.1, 0.15) is 0 Å². The van der Waals surface area contributed by atoms with E-state index in [2.05, 4.69) is 20.9 Å². The zero-order chi connectivity index (χ0) is 15.6. The quantitative estimate of drug-likeness (QED) is 0.319. The van der Waals surface area contributed by atoms with Gasteiger partial charge in [-0.3, -0.25) is 9.79 Å². The zero-order valence-corrected chi connectivity index (χ0v) is 16.4. The Kier molecular flexibility index (Phi) is 13.0. The number of methoxy groups -OCH3 is 1. The Bertz CT molecular complexity index is 322. The maximum absolute atomic E-state index is 11.9. The molecule has 21 heavy (non-hydrogen) atoms. The minimum atomic E-state index is -0.525. The lowest BCUT2D eigenvalue weighted by Gasteiger charge is -2.23. The van der Waals surface area contributed by atoms with Gasteiger partial charge in [-0.15, -0.1) is 24.0 Å². The molecule has 0 bridgehead atoms. The van der Waals surface area contributed by atoms with E-state index in [0.717, 1.165) is 6.54 Å². The van der Waals surface area contributed by atoms with Gasteiger partial charge in [0.2, 0.25) is 5.91 Å². The van der Waals surface area contributed by atoms with E-state index in [1.165, 1.54) is 0 Å². The van der Waals surface area contributed by atoms with Crippen LogP contribution in [0.25, 0.3) is 0 Å². The lowest BCUT2D eigenvalue weighted by molar-refractivity contribution is -0.128. The lowest BCUT2D eigenvalue weighted by atomic mass is 9.92. The Morgan fingerprint density at radius 3 is 2.29 bits per heavy atom. The number of hydrogen-bond donors (Lipinski definition) is 3. The highest BCUT2D eigenvalue weighted by molar-refractivity contribution is 14.0. The second kappa shape index (κ2) is 12.0. The van der Waals surface area contributed by atoms with Gasteiger partial charge in [0.15, 0.2) is 5.96 Å². The van der Waals surface area contributed by atoms with Crippen LogP contribution in [-0.2, 0) is 9.53 Å². The molecule has 3 N–H and O–H groups in total. The average molecular weight is 414 g/mol. The summed E-state index contributed by atoms with van der Waals surface area (Å²) < 4.78 is 5.09. The first-order chi connectivity index (χ1) is 9.37. The molecule has 6 nitrogen and oxygen atoms in total. The van der Waals surface area contributed by atoms with Crippen LogP contribution < -0.4 is 16.0 Å². The largest absolute Gasteiger partial charge is 0.383 e. The van der Waals surface area contributed by atoms with Gasteiger partial charge in [-0.25, -0.2) is 0 Å². The summed E-state index contributed by atoms with van der Waals surface area (Å²) in [4.78, 5) is 16.4. The van der Waals surface area contributed by atoms with E-state index in [1.54, 1.807) is 7.11 Å². The van der Waals surface area contributed by atoms with Crippen LogP contribution in [0.2, 0.25) is 0 Å². The van der Waals surface area contributed by atoms with Crippen molar-refractivity contribution in [1.82, 2.24) is 16.0 Å². The van der Waals surface area contributed by atoms with Crippen LogP contribution in [0, 0.1) is 5.41 Å². The van der Waals surface area contributed by atoms with E-state index in [4.69, 9.17) is 4.74 Å². The van der Waals surface area contributed by atoms with Crippen LogP contribution >= 0.6 is 24.0 Å². The summed E-state index contributed by atoms with van der Waals surface area (Å²) in [6.07, 6.45) is 0. The summed E-state index contributed by atoms with van der Waals surface area (Å²) in [5.74, 6) is 0.721. The first-order valence-electron chi connectivity index (χ1n) is 7.19. The van der Waals surface area contributed by atoms with E-state index in [9.17, 15) is 4.79 Å². The molecule has 0 rings (SSSR count). The number of amides is 1. The topological polar surface area (TPSA) is 74.8 Å². The van der Waals surface area contributed by atoms with Gasteiger partial charge in [-0.1, -0.05) is 0 Å². The number of guanidine groups is 1. The third-order valence-electron chi connectivity index (χ3n) is 2.73. The molecular formula is C14H31IN4O2. The van der Waals surface area contributed by atoms with Crippen molar-refractivity contribution < 1.29 is 9.53 Å². The molecule has 0 aromatic heterocycles. The highest BCUT2D eigenvalue weighted by atomic mass is 127. The molecule has 0 spiro atoms. The Balaban J connectivity index is 0. The fraction of sp³-hybridized carbons (Fsp3) is 0.857. The molecule has 0 saturated carbocycles. The smallest absolute Gasteiger partial charge is 0.227 e. The fourth-order valence-corrected chi connectivity index (χ4v) is 1.59. The normalized spacial score (nSPS) is 13.1. The molecule has 7 heteroatoms. The highest BCUT2D eigenvalue weighted by Crippen LogP contribution is 2.15. The molecule has 0 fully saturated rings. The molecule has 1 unspecified atom stereocenters. The molecule has 0 aromatic rings. The van der Waals surface area contributed by atoms with Crippen molar-refractivity contribution in [2.24, 2.45) is 10.4 Å². The first kappa shape index (κ1) is 22.7. The number of nitrogens with one attached hydrogen (secondary N) is 3. The van der Waals surface area contributed by atoms with Crippen LogP contribution in [0.3, 0.4) is 0 Å². The molecule has 0 aromatic carbocycles. The first-order valence-corrected chi connectivity index (χ1v) is 7.19. The number of nitrogens with zero attached hydrogens (tertiary/aromatic N) is 1. The van der Waals surface area contributed by atoms with Crippen molar-refractivity contribution in [3.05, 3.63) is 0 Å². The van der Waals surface area contributed by atoms with Crippen LogP contribution in [0.4, 0.5) is 0 Å². The van der Waals surface area contributed by atoms with Crippen molar-refractivity contribution in [3.8, 4) is 0 Å². The predicted octanol–water partition coefficient (Wildman–Crippen LogP) is 1.36. The SMILES string of the molecule is CCNC(=O)C(C)(C)CN=C(NCC)NC(C)COC.I. The number of ether oxygens (including phenoxy) is 1. The van der Waals surface area contributed by atoms with E-state index >= 15 is 0 Å². The molecule has 126 valence electrons. The van der Waals surface area contributed by atoms with Gasteiger partial charge in [0.25, 0.3) is 0 Å². The summed E-state index contributed by atoms with van der Waals surface area (Å²) in [5.41, 5.74) is -0.525. The van der Waals surface area contributed by atoms with Gasteiger partial charge in [-0.2, -0.15) is 0 Å². The Labute approximate surface area is 145 Å². The molecule has 0 saturated heterocycles. The van der Waals surface area contributed by atoms with Crippen molar-refractivity contribution in [2.45, 2.75) is 40.7 Å². The van der Waals surface area contributed by atoms with Gasteiger partial charge < -0.3 is 20.7 Å². The van der Waals surface area contributed by atoms with Crippen molar-refractivity contribution in [2.75, 3.05) is 33.4 Å². The van der Waals surface area contributed by atoms with Crippen LogP contribution in [0.5, 0.6) is 0 Å². The van der Waals surface area contributed by atoms with E-state index in [-0.39, 0.29) is 35.9 Å². The number of carbonyl (C=O) groups excluding carboxylic acids is 1. The second-order valence-corrected chi connectivity index (χ2v) is 5.44. The highest BCUT2D eigenvalue weighted by Gasteiger charge is 2.26. The van der Waals surface area contributed by atoms with E-state index < -0.39 is 5.41 Å². The second-order valence-electron chi connectivity index (χ2n) is 5.44. The molecule has 0 aliphatic heterocycles. The molecule has 0 radical (unpaired) electrons. The van der Waals surface area contributed by atoms with E-state index in [1.807, 2.05) is 34.6 Å². The maximum atomic E-state index is 11.9. The van der Waals surface area contributed by atoms with Crippen LogP contribution in [0.15, 0.2) is 4.99 Å². The monoisotopic (exact) mass is 414 g/mol. The molecule has 0 heterocycles. The number of carbonyl (C=O) groups is 1. The van der Waals surface area contributed by atoms with Crippen molar-refractivity contribution in [3.63, 3.8) is 0 Å². The van der Waals surface area contributed by atoms with Gasteiger partial charge in [0.05, 0.1) is 18.6 Å². The van der Waals surface area contributed by atoms with Crippen molar-refractivity contribution in [1.29, 1.82) is 0 Å². The molecule has 1 atom stereocenters. The third-order valence-corrected chi connectivity index (χ3v) is 2.73. The Morgan fingerprint density at radius 2 is 1.81 bits per heavy atom. The molecule has 0 aliphatic carbocycles.